The number of nitrogens with zero attached hydrogens (tertiary/aromatic N) is 1. The molecule has 2 rings (SSSR count). The first-order chi connectivity index (χ1) is 8.99. The van der Waals surface area contributed by atoms with E-state index in [1.807, 2.05) is 0 Å². The Morgan fingerprint density at radius 1 is 1.53 bits per heavy atom. The van der Waals surface area contributed by atoms with Gasteiger partial charge in [-0.15, -0.1) is 0 Å². The molecule has 2 N–H and O–H groups in total. The third-order valence-corrected chi connectivity index (χ3v) is 4.45. The Kier molecular flexibility index (Phi) is 4.81. The molecule has 0 radical (unpaired) electrons. The lowest BCUT2D eigenvalue weighted by Gasteiger charge is -2.33. The molecule has 1 amide bonds. The molecule has 0 aliphatic carbocycles. The SMILES string of the molecule is CN1CCC(C(C)(C)CNC(=O)C2COCCN2)C1. The molecule has 2 heterocycles. The zero-order valence-corrected chi connectivity index (χ0v) is 12.4. The molecule has 2 aliphatic rings. The van der Waals surface area contributed by atoms with Gasteiger partial charge in [-0.2, -0.15) is 0 Å². The normalized spacial score (nSPS) is 29.4. The maximum atomic E-state index is 12.1. The van der Waals surface area contributed by atoms with Crippen molar-refractivity contribution in [2.24, 2.45) is 11.3 Å². The summed E-state index contributed by atoms with van der Waals surface area (Å²) in [6, 6.07) is -0.184. The highest BCUT2D eigenvalue weighted by atomic mass is 16.5. The molecule has 5 heteroatoms. The molecule has 19 heavy (non-hydrogen) atoms. The third-order valence-electron chi connectivity index (χ3n) is 4.45. The van der Waals surface area contributed by atoms with Gasteiger partial charge in [0.15, 0.2) is 0 Å². The molecule has 0 aromatic carbocycles. The van der Waals surface area contributed by atoms with E-state index in [0.717, 1.165) is 19.6 Å². The van der Waals surface area contributed by atoms with E-state index < -0.39 is 0 Å². The van der Waals surface area contributed by atoms with Crippen molar-refractivity contribution < 1.29 is 9.53 Å². The Bertz CT molecular complexity index is 314. The quantitative estimate of drug-likeness (QED) is 0.758. The number of carbonyl (C=O) groups excluding carboxylic acids is 1. The smallest absolute Gasteiger partial charge is 0.239 e. The fraction of sp³-hybridized carbons (Fsp3) is 0.929. The molecule has 2 aliphatic heterocycles. The van der Waals surface area contributed by atoms with Gasteiger partial charge in [0.1, 0.15) is 6.04 Å². The summed E-state index contributed by atoms with van der Waals surface area (Å²) in [6.45, 7) is 9.48. The van der Waals surface area contributed by atoms with E-state index in [2.05, 4.69) is 36.4 Å². The molecule has 2 unspecified atom stereocenters. The van der Waals surface area contributed by atoms with Crippen LogP contribution in [-0.4, -0.2) is 63.3 Å². The number of morpholine rings is 1. The van der Waals surface area contributed by atoms with Gasteiger partial charge in [-0.05, 0) is 31.3 Å². The number of likely N-dealkylation sites (tertiary alicyclic amines) is 1. The van der Waals surface area contributed by atoms with Crippen LogP contribution in [0.4, 0.5) is 0 Å². The van der Waals surface area contributed by atoms with Gasteiger partial charge in [-0.1, -0.05) is 13.8 Å². The summed E-state index contributed by atoms with van der Waals surface area (Å²) in [5.41, 5.74) is 0.149. The zero-order valence-electron chi connectivity index (χ0n) is 12.4. The Hall–Kier alpha value is -0.650. The first-order valence-electron chi connectivity index (χ1n) is 7.26. The van der Waals surface area contributed by atoms with Crippen molar-refractivity contribution in [1.82, 2.24) is 15.5 Å². The van der Waals surface area contributed by atoms with E-state index >= 15 is 0 Å². The molecule has 2 fully saturated rings. The largest absolute Gasteiger partial charge is 0.378 e. The molecule has 2 saturated heterocycles. The van der Waals surface area contributed by atoms with Crippen LogP contribution in [0.3, 0.4) is 0 Å². The topological polar surface area (TPSA) is 53.6 Å². The lowest BCUT2D eigenvalue weighted by molar-refractivity contribution is -0.126. The highest BCUT2D eigenvalue weighted by Gasteiger charge is 2.34. The Morgan fingerprint density at radius 3 is 2.89 bits per heavy atom. The van der Waals surface area contributed by atoms with Crippen molar-refractivity contribution in [3.63, 3.8) is 0 Å². The minimum atomic E-state index is -0.184. The average molecular weight is 269 g/mol. The number of hydrogen-bond acceptors (Lipinski definition) is 4. The second-order valence-corrected chi connectivity index (χ2v) is 6.54. The van der Waals surface area contributed by atoms with E-state index in [1.54, 1.807) is 0 Å². The van der Waals surface area contributed by atoms with E-state index in [9.17, 15) is 4.79 Å². The molecular weight excluding hydrogens is 242 g/mol. The van der Waals surface area contributed by atoms with E-state index in [-0.39, 0.29) is 17.4 Å². The third kappa shape index (κ3) is 3.91. The summed E-state index contributed by atoms with van der Waals surface area (Å²) in [5.74, 6) is 0.729. The van der Waals surface area contributed by atoms with Crippen LogP contribution in [0.2, 0.25) is 0 Å². The zero-order chi connectivity index (χ0) is 13.9. The number of carbonyl (C=O) groups is 1. The Morgan fingerprint density at radius 2 is 2.32 bits per heavy atom. The minimum Gasteiger partial charge on any atom is -0.378 e. The van der Waals surface area contributed by atoms with Gasteiger partial charge in [-0.3, -0.25) is 4.79 Å². The molecular formula is C14H27N3O2. The van der Waals surface area contributed by atoms with Crippen molar-refractivity contribution >= 4 is 5.91 Å². The molecule has 5 nitrogen and oxygen atoms in total. The first kappa shape index (κ1) is 14.8. The minimum absolute atomic E-state index is 0.0686. The highest BCUT2D eigenvalue weighted by Crippen LogP contribution is 2.33. The van der Waals surface area contributed by atoms with Crippen LogP contribution in [0, 0.1) is 11.3 Å². The van der Waals surface area contributed by atoms with Crippen molar-refractivity contribution in [3.8, 4) is 0 Å². The van der Waals surface area contributed by atoms with Crippen molar-refractivity contribution in [1.29, 1.82) is 0 Å². The van der Waals surface area contributed by atoms with E-state index in [0.29, 0.717) is 19.1 Å². The van der Waals surface area contributed by atoms with Crippen molar-refractivity contribution in [2.75, 3.05) is 46.4 Å². The van der Waals surface area contributed by atoms with Crippen molar-refractivity contribution in [2.45, 2.75) is 26.3 Å². The standard InChI is InChI=1S/C14H27N3O2/c1-14(2,11-4-6-17(3)8-11)10-16-13(18)12-9-19-7-5-15-12/h11-12,15H,4-10H2,1-3H3,(H,16,18). The van der Waals surface area contributed by atoms with Crippen LogP contribution in [-0.2, 0) is 9.53 Å². The van der Waals surface area contributed by atoms with Gasteiger partial charge in [0.2, 0.25) is 5.91 Å². The maximum absolute atomic E-state index is 12.1. The van der Waals surface area contributed by atoms with Gasteiger partial charge < -0.3 is 20.3 Å². The van der Waals surface area contributed by atoms with Crippen LogP contribution >= 0.6 is 0 Å². The van der Waals surface area contributed by atoms with Crippen molar-refractivity contribution in [3.05, 3.63) is 0 Å². The van der Waals surface area contributed by atoms with Crippen LogP contribution in [0.1, 0.15) is 20.3 Å². The van der Waals surface area contributed by atoms with E-state index in [1.165, 1.54) is 13.0 Å². The fourth-order valence-corrected chi connectivity index (χ4v) is 2.89. The monoisotopic (exact) mass is 269 g/mol. The molecule has 110 valence electrons. The number of rotatable bonds is 4. The molecule has 2 atom stereocenters. The fourth-order valence-electron chi connectivity index (χ4n) is 2.89. The van der Waals surface area contributed by atoms with Crippen LogP contribution in [0.15, 0.2) is 0 Å². The molecule has 0 aromatic heterocycles. The summed E-state index contributed by atoms with van der Waals surface area (Å²) in [5, 5.41) is 6.27. The summed E-state index contributed by atoms with van der Waals surface area (Å²) in [4.78, 5) is 14.4. The van der Waals surface area contributed by atoms with Crippen LogP contribution in [0.25, 0.3) is 0 Å². The van der Waals surface area contributed by atoms with Crippen LogP contribution in [0.5, 0.6) is 0 Å². The second kappa shape index (κ2) is 6.20. The Labute approximate surface area is 116 Å². The van der Waals surface area contributed by atoms with Gasteiger partial charge in [0, 0.05) is 19.6 Å². The van der Waals surface area contributed by atoms with Gasteiger partial charge in [0.05, 0.1) is 13.2 Å². The maximum Gasteiger partial charge on any atom is 0.239 e. The second-order valence-electron chi connectivity index (χ2n) is 6.54. The van der Waals surface area contributed by atoms with Gasteiger partial charge in [-0.25, -0.2) is 0 Å². The van der Waals surface area contributed by atoms with Crippen LogP contribution < -0.4 is 10.6 Å². The highest BCUT2D eigenvalue weighted by molar-refractivity contribution is 5.82. The number of hydrogen-bond donors (Lipinski definition) is 2. The summed E-state index contributed by atoms with van der Waals surface area (Å²) < 4.78 is 5.32. The average Bonchev–Trinajstić information content (AvgIpc) is 2.85. The molecule has 0 spiro atoms. The predicted octanol–water partition coefficient (Wildman–Crippen LogP) is 0.0689. The first-order valence-corrected chi connectivity index (χ1v) is 7.26. The molecule has 0 saturated carbocycles. The molecule has 0 bridgehead atoms. The lowest BCUT2D eigenvalue weighted by Crippen LogP contribution is -2.53. The lowest BCUT2D eigenvalue weighted by atomic mass is 9.78. The Balaban J connectivity index is 1.78. The van der Waals surface area contributed by atoms with Gasteiger partial charge >= 0.3 is 0 Å². The molecule has 0 aromatic rings. The summed E-state index contributed by atoms with van der Waals surface area (Å²) in [7, 11) is 2.16. The van der Waals surface area contributed by atoms with E-state index in [4.69, 9.17) is 4.74 Å². The number of amides is 1. The number of nitrogens with one attached hydrogen (secondary N) is 2. The summed E-state index contributed by atoms with van der Waals surface area (Å²) in [6.07, 6.45) is 1.23. The number of ether oxygens (including phenoxy) is 1. The van der Waals surface area contributed by atoms with Gasteiger partial charge in [0.25, 0.3) is 0 Å². The summed E-state index contributed by atoms with van der Waals surface area (Å²) >= 11 is 0. The predicted molar refractivity (Wildman–Crippen MR) is 75.0 cm³/mol.